The quantitative estimate of drug-likeness (QED) is 0.633. The maximum absolute atomic E-state index is 5.78. The molecule has 108 valence electrons. The van der Waals surface area contributed by atoms with Crippen molar-refractivity contribution >= 4 is 0 Å². The fourth-order valence-electron chi connectivity index (χ4n) is 3.41. The molecule has 0 saturated heterocycles. The van der Waals surface area contributed by atoms with E-state index in [9.17, 15) is 0 Å². The molecular weight excluding hydrogens is 236 g/mol. The molecule has 4 nitrogen and oxygen atoms in total. The zero-order chi connectivity index (χ0) is 13.8. The first kappa shape index (κ1) is 14.5. The molecule has 0 bridgehead atoms. The van der Waals surface area contributed by atoms with Crippen molar-refractivity contribution in [3.05, 3.63) is 18.0 Å². The molecule has 1 unspecified atom stereocenters. The van der Waals surface area contributed by atoms with Gasteiger partial charge in [0.15, 0.2) is 0 Å². The molecule has 0 spiro atoms. The highest BCUT2D eigenvalue weighted by Gasteiger charge is 2.28. The maximum atomic E-state index is 5.78. The topological polar surface area (TPSA) is 55.9 Å². The summed E-state index contributed by atoms with van der Waals surface area (Å²) in [5.41, 5.74) is 4.31. The Balaban J connectivity index is 1.88. The van der Waals surface area contributed by atoms with Crippen molar-refractivity contribution in [2.45, 2.75) is 52.0 Å². The second-order valence-corrected chi connectivity index (χ2v) is 6.42. The summed E-state index contributed by atoms with van der Waals surface area (Å²) in [7, 11) is 1.96. The summed E-state index contributed by atoms with van der Waals surface area (Å²) < 4.78 is 1.86. The molecule has 0 amide bonds. The zero-order valence-corrected chi connectivity index (χ0v) is 12.5. The van der Waals surface area contributed by atoms with Gasteiger partial charge in [0, 0.05) is 19.3 Å². The fraction of sp³-hybridized carbons (Fsp3) is 0.800. The first-order valence-corrected chi connectivity index (χ1v) is 7.53. The summed E-state index contributed by atoms with van der Waals surface area (Å²) in [5.74, 6) is 8.22. The van der Waals surface area contributed by atoms with E-state index in [1.54, 1.807) is 0 Å². The van der Waals surface area contributed by atoms with Crippen molar-refractivity contribution in [1.82, 2.24) is 15.2 Å². The van der Waals surface area contributed by atoms with Gasteiger partial charge in [-0.05, 0) is 55.4 Å². The van der Waals surface area contributed by atoms with Crippen LogP contribution in [0.5, 0.6) is 0 Å². The van der Waals surface area contributed by atoms with E-state index in [1.807, 2.05) is 17.9 Å². The highest BCUT2D eigenvalue weighted by molar-refractivity contribution is 5.06. The smallest absolute Gasteiger partial charge is 0.0522 e. The molecule has 3 N–H and O–H groups in total. The molecular formula is C15H28N4. The average Bonchev–Trinajstić information content (AvgIpc) is 2.81. The molecule has 1 heterocycles. The minimum absolute atomic E-state index is 0.386. The molecule has 1 aromatic rings. The van der Waals surface area contributed by atoms with E-state index in [-0.39, 0.29) is 0 Å². The molecule has 0 aromatic carbocycles. The van der Waals surface area contributed by atoms with Gasteiger partial charge in [-0.1, -0.05) is 13.8 Å². The van der Waals surface area contributed by atoms with Gasteiger partial charge in [-0.3, -0.25) is 16.0 Å². The molecule has 1 atom stereocenters. The molecule has 1 aromatic heterocycles. The summed E-state index contributed by atoms with van der Waals surface area (Å²) in [6, 6.07) is 0.386. The Bertz CT molecular complexity index is 377. The summed E-state index contributed by atoms with van der Waals surface area (Å²) in [5, 5.41) is 4.23. The Kier molecular flexibility index (Phi) is 4.99. The SMILES string of the molecule is CC(C)C1CCC(C(Cc2cnn(C)c2)NN)CC1. The van der Waals surface area contributed by atoms with Gasteiger partial charge in [0.1, 0.15) is 0 Å². The largest absolute Gasteiger partial charge is 0.276 e. The van der Waals surface area contributed by atoms with Crippen LogP contribution in [0.25, 0.3) is 0 Å². The number of nitrogens with one attached hydrogen (secondary N) is 1. The van der Waals surface area contributed by atoms with Crippen molar-refractivity contribution < 1.29 is 0 Å². The van der Waals surface area contributed by atoms with Crippen LogP contribution < -0.4 is 11.3 Å². The van der Waals surface area contributed by atoms with Gasteiger partial charge < -0.3 is 0 Å². The Labute approximate surface area is 116 Å². The lowest BCUT2D eigenvalue weighted by molar-refractivity contribution is 0.188. The Hall–Kier alpha value is -0.870. The molecule has 2 rings (SSSR count). The van der Waals surface area contributed by atoms with Crippen LogP contribution in [-0.2, 0) is 13.5 Å². The van der Waals surface area contributed by atoms with E-state index in [1.165, 1.54) is 31.2 Å². The minimum Gasteiger partial charge on any atom is -0.276 e. The predicted octanol–water partition coefficient (Wildman–Crippen LogP) is 2.26. The average molecular weight is 264 g/mol. The molecule has 0 radical (unpaired) electrons. The van der Waals surface area contributed by atoms with Gasteiger partial charge in [-0.25, -0.2) is 0 Å². The van der Waals surface area contributed by atoms with E-state index in [2.05, 4.69) is 30.6 Å². The summed E-state index contributed by atoms with van der Waals surface area (Å²) in [4.78, 5) is 0. The van der Waals surface area contributed by atoms with Crippen molar-refractivity contribution in [2.24, 2.45) is 30.6 Å². The van der Waals surface area contributed by atoms with Gasteiger partial charge in [0.25, 0.3) is 0 Å². The third-order valence-corrected chi connectivity index (χ3v) is 4.76. The van der Waals surface area contributed by atoms with Crippen molar-refractivity contribution in [3.63, 3.8) is 0 Å². The number of aromatic nitrogens is 2. The predicted molar refractivity (Wildman–Crippen MR) is 78.3 cm³/mol. The standard InChI is InChI=1S/C15H28N4/c1-11(2)13-4-6-14(7-5-13)15(18-16)8-12-9-17-19(3)10-12/h9-11,13-15,18H,4-8,16H2,1-3H3. The number of nitrogens with zero attached hydrogens (tertiary/aromatic N) is 2. The lowest BCUT2D eigenvalue weighted by Gasteiger charge is -2.35. The molecule has 1 saturated carbocycles. The number of hydrazine groups is 1. The Morgan fingerprint density at radius 2 is 1.95 bits per heavy atom. The molecule has 0 aliphatic heterocycles. The van der Waals surface area contributed by atoms with E-state index in [4.69, 9.17) is 5.84 Å². The third-order valence-electron chi connectivity index (χ3n) is 4.76. The van der Waals surface area contributed by atoms with Crippen LogP contribution in [0.15, 0.2) is 12.4 Å². The number of aryl methyl sites for hydroxylation is 1. The second kappa shape index (κ2) is 6.53. The normalized spacial score (nSPS) is 25.7. The summed E-state index contributed by atoms with van der Waals surface area (Å²) in [6.07, 6.45) is 10.3. The maximum Gasteiger partial charge on any atom is 0.0522 e. The monoisotopic (exact) mass is 264 g/mol. The Morgan fingerprint density at radius 1 is 1.32 bits per heavy atom. The molecule has 1 aliphatic rings. The summed E-state index contributed by atoms with van der Waals surface area (Å²) in [6.45, 7) is 4.69. The lowest BCUT2D eigenvalue weighted by atomic mass is 9.74. The van der Waals surface area contributed by atoms with Gasteiger partial charge in [0.2, 0.25) is 0 Å². The van der Waals surface area contributed by atoms with Crippen molar-refractivity contribution in [3.8, 4) is 0 Å². The van der Waals surface area contributed by atoms with Crippen molar-refractivity contribution in [2.75, 3.05) is 0 Å². The van der Waals surface area contributed by atoms with E-state index >= 15 is 0 Å². The van der Waals surface area contributed by atoms with E-state index < -0.39 is 0 Å². The number of hydrogen-bond acceptors (Lipinski definition) is 3. The van der Waals surface area contributed by atoms with Crippen LogP contribution in [0, 0.1) is 17.8 Å². The number of rotatable bonds is 5. The van der Waals surface area contributed by atoms with E-state index in [0.717, 1.165) is 18.3 Å². The molecule has 4 heteroatoms. The van der Waals surface area contributed by atoms with E-state index in [0.29, 0.717) is 12.0 Å². The minimum atomic E-state index is 0.386. The summed E-state index contributed by atoms with van der Waals surface area (Å²) >= 11 is 0. The van der Waals surface area contributed by atoms with Crippen LogP contribution in [0.1, 0.15) is 45.1 Å². The highest BCUT2D eigenvalue weighted by Crippen LogP contribution is 2.35. The van der Waals surface area contributed by atoms with Gasteiger partial charge in [0.05, 0.1) is 6.20 Å². The van der Waals surface area contributed by atoms with Gasteiger partial charge >= 0.3 is 0 Å². The van der Waals surface area contributed by atoms with Crippen LogP contribution >= 0.6 is 0 Å². The number of nitrogens with two attached hydrogens (primary N) is 1. The van der Waals surface area contributed by atoms with Crippen molar-refractivity contribution in [1.29, 1.82) is 0 Å². The van der Waals surface area contributed by atoms with Crippen LogP contribution in [0.2, 0.25) is 0 Å². The molecule has 1 fully saturated rings. The van der Waals surface area contributed by atoms with Crippen LogP contribution in [0.3, 0.4) is 0 Å². The van der Waals surface area contributed by atoms with Crippen LogP contribution in [-0.4, -0.2) is 15.8 Å². The fourth-order valence-corrected chi connectivity index (χ4v) is 3.41. The lowest BCUT2D eigenvalue weighted by Crippen LogP contribution is -2.43. The van der Waals surface area contributed by atoms with Crippen LogP contribution in [0.4, 0.5) is 0 Å². The van der Waals surface area contributed by atoms with Gasteiger partial charge in [-0.2, -0.15) is 5.10 Å². The first-order chi connectivity index (χ1) is 9.10. The molecule has 1 aliphatic carbocycles. The number of hydrogen-bond donors (Lipinski definition) is 2. The second-order valence-electron chi connectivity index (χ2n) is 6.42. The first-order valence-electron chi connectivity index (χ1n) is 7.53. The zero-order valence-electron chi connectivity index (χ0n) is 12.5. The Morgan fingerprint density at radius 3 is 2.42 bits per heavy atom. The molecule has 19 heavy (non-hydrogen) atoms. The van der Waals surface area contributed by atoms with Gasteiger partial charge in [-0.15, -0.1) is 0 Å². The highest BCUT2D eigenvalue weighted by atomic mass is 15.2. The third kappa shape index (κ3) is 3.80.